The maximum absolute atomic E-state index is 11.7. The molecule has 3 aromatic rings. The standard InChI is InChI=1S/C22H22N4O2S/c27-21-13-28-20-9-8-15(11-18(20)25-21)19-14-29-22(24-16-5-4-10-23-12-16)26(19)17-6-2-1-3-7-17/h4-5,8-12,14,17H,1-3,6-7,13H2,(H,25,27). The zero-order valence-electron chi connectivity index (χ0n) is 16.0. The van der Waals surface area contributed by atoms with E-state index in [2.05, 4.69) is 26.3 Å². The van der Waals surface area contributed by atoms with Crippen LogP contribution >= 0.6 is 11.3 Å². The zero-order valence-corrected chi connectivity index (χ0v) is 16.8. The summed E-state index contributed by atoms with van der Waals surface area (Å²) in [5.41, 5.74) is 3.78. The summed E-state index contributed by atoms with van der Waals surface area (Å²) < 4.78 is 7.89. The van der Waals surface area contributed by atoms with Crippen molar-refractivity contribution in [3.05, 3.63) is 52.9 Å². The minimum Gasteiger partial charge on any atom is -0.482 e. The maximum Gasteiger partial charge on any atom is 0.262 e. The molecule has 1 aromatic carbocycles. The fraction of sp³-hybridized carbons (Fsp3) is 0.318. The molecule has 0 spiro atoms. The van der Waals surface area contributed by atoms with Gasteiger partial charge in [0.25, 0.3) is 5.91 Å². The Balaban J connectivity index is 1.62. The number of amides is 1. The molecule has 3 heterocycles. The van der Waals surface area contributed by atoms with Gasteiger partial charge >= 0.3 is 0 Å². The van der Waals surface area contributed by atoms with E-state index in [-0.39, 0.29) is 12.5 Å². The Morgan fingerprint density at radius 3 is 2.93 bits per heavy atom. The van der Waals surface area contributed by atoms with E-state index in [4.69, 9.17) is 9.73 Å². The fourth-order valence-corrected chi connectivity index (χ4v) is 5.06. The van der Waals surface area contributed by atoms with E-state index in [1.54, 1.807) is 23.7 Å². The number of nitrogens with zero attached hydrogens (tertiary/aromatic N) is 3. The average Bonchev–Trinajstić information content (AvgIpc) is 3.18. The SMILES string of the molecule is O=C1COc2ccc(-c3csc(=Nc4cccnc4)n3C3CCCCC3)cc2N1. The van der Waals surface area contributed by atoms with Gasteiger partial charge in [-0.1, -0.05) is 19.3 Å². The van der Waals surface area contributed by atoms with Crippen molar-refractivity contribution in [3.8, 4) is 17.0 Å². The summed E-state index contributed by atoms with van der Waals surface area (Å²) in [6, 6.07) is 10.3. The topological polar surface area (TPSA) is 68.5 Å². The second kappa shape index (κ2) is 7.83. The highest BCUT2D eigenvalue weighted by atomic mass is 32.1. The molecule has 2 aliphatic rings. The minimum atomic E-state index is -0.118. The van der Waals surface area contributed by atoms with Crippen LogP contribution in [0.1, 0.15) is 38.1 Å². The molecular weight excluding hydrogens is 384 g/mol. The quantitative estimate of drug-likeness (QED) is 0.687. The van der Waals surface area contributed by atoms with Gasteiger partial charge in [-0.25, -0.2) is 4.99 Å². The second-order valence-electron chi connectivity index (χ2n) is 7.44. The maximum atomic E-state index is 11.7. The number of carbonyl (C=O) groups excluding carboxylic acids is 1. The summed E-state index contributed by atoms with van der Waals surface area (Å²) >= 11 is 1.65. The summed E-state index contributed by atoms with van der Waals surface area (Å²) in [5, 5.41) is 5.08. The number of ether oxygens (including phenoxy) is 1. The molecule has 0 saturated heterocycles. The molecule has 0 unspecified atom stereocenters. The van der Waals surface area contributed by atoms with Crippen molar-refractivity contribution in [1.82, 2.24) is 9.55 Å². The zero-order chi connectivity index (χ0) is 19.6. The molecule has 2 aromatic heterocycles. The van der Waals surface area contributed by atoms with E-state index in [1.807, 2.05) is 24.3 Å². The number of fused-ring (bicyclic) bond motifs is 1. The molecule has 0 bridgehead atoms. The van der Waals surface area contributed by atoms with Crippen molar-refractivity contribution in [1.29, 1.82) is 0 Å². The lowest BCUT2D eigenvalue weighted by atomic mass is 9.95. The predicted octanol–water partition coefficient (Wildman–Crippen LogP) is 4.68. The van der Waals surface area contributed by atoms with Gasteiger partial charge in [0.05, 0.1) is 23.3 Å². The Kier molecular flexibility index (Phi) is 4.89. The Hall–Kier alpha value is -2.93. The van der Waals surface area contributed by atoms with Crippen LogP contribution in [0, 0.1) is 0 Å². The lowest BCUT2D eigenvalue weighted by Gasteiger charge is -2.26. The molecular formula is C22H22N4O2S. The summed E-state index contributed by atoms with van der Waals surface area (Å²) in [5.74, 6) is 0.598. The molecule has 0 radical (unpaired) electrons. The predicted molar refractivity (Wildman–Crippen MR) is 113 cm³/mol. The Bertz CT molecular complexity index is 1100. The molecule has 1 amide bonds. The Labute approximate surface area is 172 Å². The number of carbonyl (C=O) groups is 1. The fourth-order valence-electron chi connectivity index (χ4n) is 4.08. The average molecular weight is 407 g/mol. The molecule has 1 aliphatic heterocycles. The third-order valence-corrected chi connectivity index (χ3v) is 6.30. The molecule has 6 nitrogen and oxygen atoms in total. The van der Waals surface area contributed by atoms with Crippen LogP contribution in [-0.4, -0.2) is 22.1 Å². The van der Waals surface area contributed by atoms with Gasteiger partial charge in [-0.05, 0) is 43.2 Å². The van der Waals surface area contributed by atoms with Crippen LogP contribution < -0.4 is 14.9 Å². The van der Waals surface area contributed by atoms with E-state index in [0.29, 0.717) is 11.8 Å². The van der Waals surface area contributed by atoms with E-state index >= 15 is 0 Å². The lowest BCUT2D eigenvalue weighted by molar-refractivity contribution is -0.118. The first-order valence-corrected chi connectivity index (χ1v) is 10.9. The van der Waals surface area contributed by atoms with Crippen molar-refractivity contribution in [2.75, 3.05) is 11.9 Å². The molecule has 5 rings (SSSR count). The number of nitrogens with one attached hydrogen (secondary N) is 1. The van der Waals surface area contributed by atoms with Crippen LogP contribution in [0.15, 0.2) is 53.1 Å². The number of pyridine rings is 1. The molecule has 29 heavy (non-hydrogen) atoms. The van der Waals surface area contributed by atoms with Gasteiger partial charge in [0.15, 0.2) is 11.4 Å². The van der Waals surface area contributed by atoms with E-state index in [1.165, 1.54) is 19.3 Å². The van der Waals surface area contributed by atoms with Crippen LogP contribution in [0.4, 0.5) is 11.4 Å². The number of aromatic nitrogens is 2. The van der Waals surface area contributed by atoms with Crippen LogP contribution in [0.25, 0.3) is 11.3 Å². The number of thiazole rings is 1. The molecule has 1 fully saturated rings. The lowest BCUT2D eigenvalue weighted by Crippen LogP contribution is -2.25. The Morgan fingerprint density at radius 2 is 2.10 bits per heavy atom. The second-order valence-corrected chi connectivity index (χ2v) is 8.27. The van der Waals surface area contributed by atoms with Crippen LogP contribution in [0.2, 0.25) is 0 Å². The van der Waals surface area contributed by atoms with Crippen molar-refractivity contribution in [2.24, 2.45) is 4.99 Å². The van der Waals surface area contributed by atoms with Crippen LogP contribution in [0.3, 0.4) is 0 Å². The van der Waals surface area contributed by atoms with Gasteiger partial charge in [-0.3, -0.25) is 9.78 Å². The molecule has 1 aliphatic carbocycles. The number of benzene rings is 1. The molecule has 148 valence electrons. The smallest absolute Gasteiger partial charge is 0.262 e. The third-order valence-electron chi connectivity index (χ3n) is 5.46. The van der Waals surface area contributed by atoms with Gasteiger partial charge in [-0.2, -0.15) is 0 Å². The van der Waals surface area contributed by atoms with E-state index in [9.17, 15) is 4.79 Å². The molecule has 1 saturated carbocycles. The number of rotatable bonds is 3. The van der Waals surface area contributed by atoms with Crippen molar-refractivity contribution >= 4 is 28.6 Å². The highest BCUT2D eigenvalue weighted by molar-refractivity contribution is 7.07. The van der Waals surface area contributed by atoms with Gasteiger partial charge in [0.1, 0.15) is 5.75 Å². The first-order chi connectivity index (χ1) is 14.3. The van der Waals surface area contributed by atoms with Gasteiger partial charge in [0.2, 0.25) is 0 Å². The summed E-state index contributed by atoms with van der Waals surface area (Å²) in [7, 11) is 0. The van der Waals surface area contributed by atoms with Crippen molar-refractivity contribution in [3.63, 3.8) is 0 Å². The summed E-state index contributed by atoms with van der Waals surface area (Å²) in [6.45, 7) is 0.0704. The minimum absolute atomic E-state index is 0.0704. The number of anilines is 1. The van der Waals surface area contributed by atoms with E-state index in [0.717, 1.165) is 40.3 Å². The van der Waals surface area contributed by atoms with Gasteiger partial charge in [0, 0.05) is 23.2 Å². The molecule has 0 atom stereocenters. The molecule has 7 heteroatoms. The van der Waals surface area contributed by atoms with Crippen molar-refractivity contribution in [2.45, 2.75) is 38.1 Å². The monoisotopic (exact) mass is 406 g/mol. The third kappa shape index (κ3) is 3.70. The highest BCUT2D eigenvalue weighted by Gasteiger charge is 2.22. The van der Waals surface area contributed by atoms with Gasteiger partial charge < -0.3 is 14.6 Å². The van der Waals surface area contributed by atoms with Gasteiger partial charge in [-0.15, -0.1) is 11.3 Å². The van der Waals surface area contributed by atoms with Crippen LogP contribution in [-0.2, 0) is 4.79 Å². The number of hydrogen-bond acceptors (Lipinski definition) is 5. The number of hydrogen-bond donors (Lipinski definition) is 1. The summed E-state index contributed by atoms with van der Waals surface area (Å²) in [4.78, 5) is 21.8. The van der Waals surface area contributed by atoms with Crippen LogP contribution in [0.5, 0.6) is 5.75 Å². The van der Waals surface area contributed by atoms with Crippen molar-refractivity contribution < 1.29 is 9.53 Å². The Morgan fingerprint density at radius 1 is 1.21 bits per heavy atom. The highest BCUT2D eigenvalue weighted by Crippen LogP contribution is 2.36. The summed E-state index contributed by atoms with van der Waals surface area (Å²) in [6.07, 6.45) is 9.66. The molecule has 1 N–H and O–H groups in total. The largest absolute Gasteiger partial charge is 0.482 e. The first-order valence-electron chi connectivity index (χ1n) is 10.00. The van der Waals surface area contributed by atoms with E-state index < -0.39 is 0 Å². The normalized spacial score (nSPS) is 17.5. The first kappa shape index (κ1) is 18.1.